The van der Waals surface area contributed by atoms with Crippen molar-refractivity contribution in [1.82, 2.24) is 0 Å². The molecule has 0 bridgehead atoms. The van der Waals surface area contributed by atoms with Crippen LogP contribution in [-0.2, 0) is 16.1 Å². The highest BCUT2D eigenvalue weighted by Crippen LogP contribution is 2.18. The van der Waals surface area contributed by atoms with Crippen LogP contribution < -0.4 is 0 Å². The van der Waals surface area contributed by atoms with E-state index in [0.717, 1.165) is 16.5 Å². The van der Waals surface area contributed by atoms with Gasteiger partial charge in [0, 0.05) is 18.1 Å². The zero-order valence-electron chi connectivity index (χ0n) is 7.19. The average Bonchev–Trinajstić information content (AvgIpc) is 2.49. The summed E-state index contributed by atoms with van der Waals surface area (Å²) < 4.78 is 4.96. The Balaban J connectivity index is 2.75. The normalized spacial score (nSPS) is 10.8. The number of aliphatic carboxylic acids is 1. The van der Waals surface area contributed by atoms with Gasteiger partial charge in [0.1, 0.15) is 0 Å². The van der Waals surface area contributed by atoms with Gasteiger partial charge in [-0.15, -0.1) is 11.3 Å². The first-order valence-corrected chi connectivity index (χ1v) is 4.58. The molecule has 1 N–H and O–H groups in total. The van der Waals surface area contributed by atoms with Crippen molar-refractivity contribution in [3.63, 3.8) is 0 Å². The molecule has 0 spiro atoms. The summed E-state index contributed by atoms with van der Waals surface area (Å²) >= 11 is 1.56. The number of methoxy groups -OCH3 is 1. The molecule has 70 valence electrons. The lowest BCUT2D eigenvalue weighted by atomic mass is 10.2. The van der Waals surface area contributed by atoms with Crippen LogP contribution in [0.15, 0.2) is 17.5 Å². The maximum absolute atomic E-state index is 10.2. The fraction of sp³-hybridized carbons (Fsp3) is 0.222. The molecular formula is C9H10O3S. The summed E-state index contributed by atoms with van der Waals surface area (Å²) in [7, 11) is 1.62. The van der Waals surface area contributed by atoms with Crippen LogP contribution in [-0.4, -0.2) is 18.2 Å². The highest BCUT2D eigenvalue weighted by molar-refractivity contribution is 7.10. The van der Waals surface area contributed by atoms with Crippen molar-refractivity contribution in [1.29, 1.82) is 0 Å². The van der Waals surface area contributed by atoms with Gasteiger partial charge in [-0.3, -0.25) is 0 Å². The predicted octanol–water partition coefficient (Wildman–Crippen LogP) is 1.99. The smallest absolute Gasteiger partial charge is 0.328 e. The summed E-state index contributed by atoms with van der Waals surface area (Å²) in [6.07, 6.45) is 2.70. The Hall–Kier alpha value is -1.13. The maximum Gasteiger partial charge on any atom is 0.328 e. The number of rotatable bonds is 4. The van der Waals surface area contributed by atoms with Crippen LogP contribution in [0.25, 0.3) is 6.08 Å². The predicted molar refractivity (Wildman–Crippen MR) is 51.7 cm³/mol. The van der Waals surface area contributed by atoms with E-state index in [2.05, 4.69) is 0 Å². The first-order valence-electron chi connectivity index (χ1n) is 3.70. The Morgan fingerprint density at radius 2 is 2.54 bits per heavy atom. The summed E-state index contributed by atoms with van der Waals surface area (Å²) in [4.78, 5) is 11.3. The first-order chi connectivity index (χ1) is 6.24. The van der Waals surface area contributed by atoms with E-state index in [1.807, 2.05) is 11.4 Å². The molecule has 0 saturated carbocycles. The molecule has 1 rings (SSSR count). The van der Waals surface area contributed by atoms with Crippen LogP contribution in [0.2, 0.25) is 0 Å². The van der Waals surface area contributed by atoms with Crippen molar-refractivity contribution < 1.29 is 14.6 Å². The van der Waals surface area contributed by atoms with Gasteiger partial charge in [-0.1, -0.05) is 0 Å². The second-order valence-electron chi connectivity index (χ2n) is 2.40. The third kappa shape index (κ3) is 3.01. The highest BCUT2D eigenvalue weighted by Gasteiger charge is 2.00. The third-order valence-corrected chi connectivity index (χ3v) is 2.37. The molecule has 0 aliphatic carbocycles. The molecule has 1 aromatic heterocycles. The molecule has 0 amide bonds. The van der Waals surface area contributed by atoms with Crippen LogP contribution in [0.5, 0.6) is 0 Å². The Bertz CT molecular complexity index is 314. The molecule has 0 atom stereocenters. The second kappa shape index (κ2) is 4.79. The van der Waals surface area contributed by atoms with E-state index in [1.54, 1.807) is 24.5 Å². The van der Waals surface area contributed by atoms with Gasteiger partial charge in [0.2, 0.25) is 0 Å². The van der Waals surface area contributed by atoms with Crippen molar-refractivity contribution >= 4 is 23.4 Å². The van der Waals surface area contributed by atoms with Crippen molar-refractivity contribution in [2.24, 2.45) is 0 Å². The first kappa shape index (κ1) is 9.95. The molecule has 3 nitrogen and oxygen atoms in total. The van der Waals surface area contributed by atoms with Gasteiger partial charge in [-0.25, -0.2) is 4.79 Å². The minimum atomic E-state index is -0.936. The van der Waals surface area contributed by atoms with Gasteiger partial charge in [-0.2, -0.15) is 0 Å². The monoisotopic (exact) mass is 198 g/mol. The van der Waals surface area contributed by atoms with E-state index in [-0.39, 0.29) is 0 Å². The fourth-order valence-corrected chi connectivity index (χ4v) is 1.75. The van der Waals surface area contributed by atoms with Gasteiger partial charge < -0.3 is 9.84 Å². The lowest BCUT2D eigenvalue weighted by Gasteiger charge is -1.95. The van der Waals surface area contributed by atoms with E-state index >= 15 is 0 Å². The van der Waals surface area contributed by atoms with Crippen molar-refractivity contribution in [2.75, 3.05) is 7.11 Å². The average molecular weight is 198 g/mol. The number of hydrogen-bond acceptors (Lipinski definition) is 3. The van der Waals surface area contributed by atoms with Crippen LogP contribution in [0, 0.1) is 0 Å². The van der Waals surface area contributed by atoms with E-state index in [9.17, 15) is 4.79 Å². The van der Waals surface area contributed by atoms with Crippen LogP contribution in [0.3, 0.4) is 0 Å². The van der Waals surface area contributed by atoms with Crippen molar-refractivity contribution in [3.8, 4) is 0 Å². The minimum Gasteiger partial charge on any atom is -0.478 e. The van der Waals surface area contributed by atoms with E-state index in [1.165, 1.54) is 0 Å². The summed E-state index contributed by atoms with van der Waals surface area (Å²) in [6.45, 7) is 0.525. The lowest BCUT2D eigenvalue weighted by Crippen LogP contribution is -1.88. The largest absolute Gasteiger partial charge is 0.478 e. The second-order valence-corrected chi connectivity index (χ2v) is 3.40. The Labute approximate surface area is 80.3 Å². The van der Waals surface area contributed by atoms with Gasteiger partial charge in [0.05, 0.1) is 6.61 Å². The molecule has 0 fully saturated rings. The van der Waals surface area contributed by atoms with Crippen LogP contribution in [0.1, 0.15) is 10.4 Å². The number of carboxylic acids is 1. The standard InChI is InChI=1S/C9H10O3S/c1-12-6-8-7(4-5-13-8)2-3-9(10)11/h2-5H,6H2,1H3,(H,10,11). The molecule has 1 heterocycles. The zero-order chi connectivity index (χ0) is 9.68. The van der Waals surface area contributed by atoms with Gasteiger partial charge in [-0.05, 0) is 23.1 Å². The summed E-state index contributed by atoms with van der Waals surface area (Å²) in [6, 6.07) is 1.87. The number of carboxylic acid groups (broad SMARTS) is 1. The van der Waals surface area contributed by atoms with Crippen LogP contribution >= 0.6 is 11.3 Å². The number of hydrogen-bond donors (Lipinski definition) is 1. The molecule has 0 radical (unpaired) electrons. The fourth-order valence-electron chi connectivity index (χ4n) is 0.908. The third-order valence-electron chi connectivity index (χ3n) is 1.46. The molecule has 1 aromatic rings. The summed E-state index contributed by atoms with van der Waals surface area (Å²) in [5, 5.41) is 10.3. The number of carbonyl (C=O) groups is 1. The quantitative estimate of drug-likeness (QED) is 0.752. The minimum absolute atomic E-state index is 0.525. The Morgan fingerprint density at radius 3 is 3.15 bits per heavy atom. The zero-order valence-corrected chi connectivity index (χ0v) is 8.00. The van der Waals surface area contributed by atoms with E-state index < -0.39 is 5.97 Å². The summed E-state index contributed by atoms with van der Waals surface area (Å²) in [5.41, 5.74) is 0.911. The van der Waals surface area contributed by atoms with Crippen molar-refractivity contribution in [2.45, 2.75) is 6.61 Å². The highest BCUT2D eigenvalue weighted by atomic mass is 32.1. The molecule has 0 aliphatic heterocycles. The Morgan fingerprint density at radius 1 is 1.77 bits per heavy atom. The van der Waals surface area contributed by atoms with Gasteiger partial charge >= 0.3 is 5.97 Å². The maximum atomic E-state index is 10.2. The Kier molecular flexibility index (Phi) is 3.67. The molecule has 13 heavy (non-hydrogen) atoms. The lowest BCUT2D eigenvalue weighted by molar-refractivity contribution is -0.131. The molecule has 4 heteroatoms. The molecule has 0 unspecified atom stereocenters. The van der Waals surface area contributed by atoms with Crippen molar-refractivity contribution in [3.05, 3.63) is 28.0 Å². The molecule has 0 saturated heterocycles. The SMILES string of the molecule is COCc1sccc1C=CC(=O)O. The topological polar surface area (TPSA) is 46.5 Å². The molecular weight excluding hydrogens is 188 g/mol. The van der Waals surface area contributed by atoms with Gasteiger partial charge in [0.15, 0.2) is 0 Å². The molecule has 0 aromatic carbocycles. The van der Waals surface area contributed by atoms with Gasteiger partial charge in [0.25, 0.3) is 0 Å². The van der Waals surface area contributed by atoms with E-state index in [0.29, 0.717) is 6.61 Å². The summed E-state index contributed by atoms with van der Waals surface area (Å²) in [5.74, 6) is -0.936. The number of ether oxygens (including phenoxy) is 1. The number of thiophene rings is 1. The molecule has 0 aliphatic rings. The van der Waals surface area contributed by atoms with E-state index in [4.69, 9.17) is 9.84 Å². The van der Waals surface area contributed by atoms with Crippen LogP contribution in [0.4, 0.5) is 0 Å².